The first-order valence-corrected chi connectivity index (χ1v) is 9.80. The number of esters is 1. The van der Waals surface area contributed by atoms with E-state index < -0.39 is 0 Å². The number of fused-ring (bicyclic) bond motifs is 1. The van der Waals surface area contributed by atoms with Gasteiger partial charge in [-0.1, -0.05) is 36.8 Å². The molecule has 0 saturated carbocycles. The highest BCUT2D eigenvalue weighted by Crippen LogP contribution is 2.30. The number of rotatable bonds is 6. The highest BCUT2D eigenvalue weighted by molar-refractivity contribution is 5.77. The Labute approximate surface area is 156 Å². The third-order valence-corrected chi connectivity index (χ3v) is 5.80. The van der Waals surface area contributed by atoms with Crippen molar-refractivity contribution in [3.8, 4) is 0 Å². The molecule has 2 aliphatic heterocycles. The van der Waals surface area contributed by atoms with Gasteiger partial charge in [0.15, 0.2) is 0 Å². The first kappa shape index (κ1) is 18.9. The van der Waals surface area contributed by atoms with Crippen LogP contribution in [0.2, 0.25) is 0 Å². The minimum absolute atomic E-state index is 0.153. The highest BCUT2D eigenvalue weighted by Gasteiger charge is 2.39. The lowest BCUT2D eigenvalue weighted by Crippen LogP contribution is -2.42. The number of aryl methyl sites for hydroxylation is 1. The van der Waals surface area contributed by atoms with Crippen molar-refractivity contribution in [1.29, 1.82) is 0 Å². The van der Waals surface area contributed by atoms with Crippen LogP contribution in [0.15, 0.2) is 30.3 Å². The van der Waals surface area contributed by atoms with Crippen LogP contribution in [0.4, 0.5) is 0 Å². The molecule has 3 rings (SSSR count). The molecule has 2 heterocycles. The quantitative estimate of drug-likeness (QED) is 0.733. The van der Waals surface area contributed by atoms with E-state index in [4.69, 9.17) is 4.74 Å². The van der Waals surface area contributed by atoms with Crippen LogP contribution in [0.3, 0.4) is 0 Å². The van der Waals surface area contributed by atoms with Gasteiger partial charge in [0.25, 0.3) is 0 Å². The molecule has 2 aliphatic rings. The molecule has 0 aromatic heterocycles. The van der Waals surface area contributed by atoms with Gasteiger partial charge in [0.05, 0.1) is 13.5 Å². The van der Waals surface area contributed by atoms with Crippen LogP contribution in [0, 0.1) is 5.92 Å². The average Bonchev–Trinajstić information content (AvgIpc) is 3.01. The Kier molecular flexibility index (Phi) is 6.67. The minimum atomic E-state index is -0.153. The zero-order chi connectivity index (χ0) is 18.4. The molecule has 1 aromatic carbocycles. The van der Waals surface area contributed by atoms with E-state index in [1.54, 1.807) is 0 Å². The maximum absolute atomic E-state index is 12.7. The van der Waals surface area contributed by atoms with E-state index in [1.165, 1.54) is 31.9 Å². The number of likely N-dealkylation sites (tertiary alicyclic amines) is 2. The summed E-state index contributed by atoms with van der Waals surface area (Å²) in [5.41, 5.74) is 1.22. The van der Waals surface area contributed by atoms with Crippen molar-refractivity contribution in [3.05, 3.63) is 35.9 Å². The van der Waals surface area contributed by atoms with Crippen molar-refractivity contribution in [1.82, 2.24) is 9.80 Å². The molecule has 1 amide bonds. The summed E-state index contributed by atoms with van der Waals surface area (Å²) >= 11 is 0. The van der Waals surface area contributed by atoms with Crippen molar-refractivity contribution in [2.45, 2.75) is 44.6 Å². The van der Waals surface area contributed by atoms with Gasteiger partial charge in [-0.3, -0.25) is 14.5 Å². The molecular weight excluding hydrogens is 328 g/mol. The fourth-order valence-corrected chi connectivity index (χ4v) is 4.31. The molecule has 2 atom stereocenters. The van der Waals surface area contributed by atoms with Crippen LogP contribution in [0.25, 0.3) is 0 Å². The summed E-state index contributed by atoms with van der Waals surface area (Å²) in [5, 5.41) is 0. The molecule has 2 fully saturated rings. The van der Waals surface area contributed by atoms with Crippen molar-refractivity contribution in [3.63, 3.8) is 0 Å². The van der Waals surface area contributed by atoms with Crippen molar-refractivity contribution in [2.24, 2.45) is 5.92 Å². The maximum atomic E-state index is 12.7. The molecule has 5 nitrogen and oxygen atoms in total. The third-order valence-electron chi connectivity index (χ3n) is 5.80. The van der Waals surface area contributed by atoms with Gasteiger partial charge in [-0.2, -0.15) is 0 Å². The number of carbonyl (C=O) groups is 2. The Bertz CT molecular complexity index is 605. The molecule has 2 saturated heterocycles. The Hall–Kier alpha value is -1.88. The van der Waals surface area contributed by atoms with Crippen LogP contribution >= 0.6 is 0 Å². The topological polar surface area (TPSA) is 49.9 Å². The van der Waals surface area contributed by atoms with Gasteiger partial charge < -0.3 is 9.64 Å². The SMILES string of the molecule is COC(=O)CCN1CCCC[C@H]2CN(C(=O)CCc3ccccc3)C[C@H]21. The molecule has 5 heteroatoms. The van der Waals surface area contributed by atoms with Crippen LogP contribution in [-0.2, 0) is 20.7 Å². The van der Waals surface area contributed by atoms with Gasteiger partial charge in [0.2, 0.25) is 5.91 Å². The van der Waals surface area contributed by atoms with E-state index in [9.17, 15) is 9.59 Å². The second-order valence-electron chi connectivity index (χ2n) is 7.47. The Morgan fingerprint density at radius 1 is 1.12 bits per heavy atom. The molecule has 0 unspecified atom stereocenters. The summed E-state index contributed by atoms with van der Waals surface area (Å²) < 4.78 is 4.79. The number of hydrogen-bond donors (Lipinski definition) is 0. The second kappa shape index (κ2) is 9.17. The van der Waals surface area contributed by atoms with E-state index >= 15 is 0 Å². The fourth-order valence-electron chi connectivity index (χ4n) is 4.31. The molecule has 0 spiro atoms. The number of amides is 1. The predicted octanol–water partition coefficient (Wildman–Crippen LogP) is 2.50. The number of ether oxygens (including phenoxy) is 1. The summed E-state index contributed by atoms with van der Waals surface area (Å²) in [6, 6.07) is 10.6. The minimum Gasteiger partial charge on any atom is -0.469 e. The van der Waals surface area contributed by atoms with E-state index in [0.29, 0.717) is 24.8 Å². The highest BCUT2D eigenvalue weighted by atomic mass is 16.5. The van der Waals surface area contributed by atoms with Crippen LogP contribution < -0.4 is 0 Å². The summed E-state index contributed by atoms with van der Waals surface area (Å²) in [4.78, 5) is 28.7. The summed E-state index contributed by atoms with van der Waals surface area (Å²) in [6.07, 6.45) is 5.38. The largest absolute Gasteiger partial charge is 0.469 e. The zero-order valence-corrected chi connectivity index (χ0v) is 15.7. The number of methoxy groups -OCH3 is 1. The number of nitrogens with zero attached hydrogens (tertiary/aromatic N) is 2. The average molecular weight is 358 g/mol. The van der Waals surface area contributed by atoms with Crippen molar-refractivity contribution >= 4 is 11.9 Å². The lowest BCUT2D eigenvalue weighted by Gasteiger charge is -2.29. The Morgan fingerprint density at radius 3 is 2.69 bits per heavy atom. The van der Waals surface area contributed by atoms with Crippen LogP contribution in [-0.4, -0.2) is 61.0 Å². The normalized spacial score (nSPS) is 23.3. The summed E-state index contributed by atoms with van der Waals surface area (Å²) in [7, 11) is 1.44. The molecule has 0 bridgehead atoms. The molecule has 142 valence electrons. The van der Waals surface area contributed by atoms with Crippen LogP contribution in [0.5, 0.6) is 0 Å². The number of benzene rings is 1. The van der Waals surface area contributed by atoms with Crippen molar-refractivity contribution in [2.75, 3.05) is 33.3 Å². The first-order chi connectivity index (χ1) is 12.7. The zero-order valence-electron chi connectivity index (χ0n) is 15.7. The number of carbonyl (C=O) groups excluding carboxylic acids is 2. The van der Waals surface area contributed by atoms with Gasteiger partial charge in [-0.25, -0.2) is 0 Å². The lowest BCUT2D eigenvalue weighted by molar-refractivity contribution is -0.141. The molecule has 1 aromatic rings. The van der Waals surface area contributed by atoms with E-state index in [-0.39, 0.29) is 11.9 Å². The van der Waals surface area contributed by atoms with Gasteiger partial charge in [0.1, 0.15) is 0 Å². The monoisotopic (exact) mass is 358 g/mol. The Morgan fingerprint density at radius 2 is 1.92 bits per heavy atom. The summed E-state index contributed by atoms with van der Waals surface area (Å²) in [6.45, 7) is 3.43. The first-order valence-electron chi connectivity index (χ1n) is 9.80. The van der Waals surface area contributed by atoms with Gasteiger partial charge >= 0.3 is 5.97 Å². The van der Waals surface area contributed by atoms with Crippen molar-refractivity contribution < 1.29 is 14.3 Å². The van der Waals surface area contributed by atoms with E-state index in [0.717, 1.165) is 32.6 Å². The van der Waals surface area contributed by atoms with Gasteiger partial charge in [-0.15, -0.1) is 0 Å². The van der Waals surface area contributed by atoms with Gasteiger partial charge in [-0.05, 0) is 37.3 Å². The molecular formula is C21H30N2O3. The molecule has 0 aliphatic carbocycles. The number of hydrogen-bond acceptors (Lipinski definition) is 4. The smallest absolute Gasteiger partial charge is 0.306 e. The van der Waals surface area contributed by atoms with E-state index in [2.05, 4.69) is 21.9 Å². The maximum Gasteiger partial charge on any atom is 0.306 e. The van der Waals surface area contributed by atoms with Crippen LogP contribution in [0.1, 0.15) is 37.7 Å². The summed E-state index contributed by atoms with van der Waals surface area (Å²) in [5.74, 6) is 0.644. The van der Waals surface area contributed by atoms with Gasteiger partial charge in [0, 0.05) is 32.1 Å². The molecule has 0 N–H and O–H groups in total. The second-order valence-corrected chi connectivity index (χ2v) is 7.47. The molecule has 0 radical (unpaired) electrons. The van der Waals surface area contributed by atoms with E-state index in [1.807, 2.05) is 18.2 Å². The standard InChI is InChI=1S/C21H30N2O3/c1-26-21(25)12-14-22-13-6-5-9-18-15-23(16-19(18)22)20(24)11-10-17-7-3-2-4-8-17/h2-4,7-8,18-19H,5-6,9-16H2,1H3/t18-,19+/m0/s1. The fraction of sp³-hybridized carbons (Fsp3) is 0.619. The third kappa shape index (κ3) is 4.85. The predicted molar refractivity (Wildman–Crippen MR) is 101 cm³/mol. The lowest BCUT2D eigenvalue weighted by atomic mass is 9.98. The molecule has 26 heavy (non-hydrogen) atoms. The Balaban J connectivity index is 1.55.